The summed E-state index contributed by atoms with van der Waals surface area (Å²) in [7, 11) is 1.87. The Hall–Kier alpha value is -4.29. The fourth-order valence-corrected chi connectivity index (χ4v) is 5.69. The molecule has 6 aromatic rings. The summed E-state index contributed by atoms with van der Waals surface area (Å²) in [5.41, 5.74) is 3.52. The van der Waals surface area contributed by atoms with Crippen LogP contribution in [0.3, 0.4) is 0 Å². The van der Waals surface area contributed by atoms with Crippen LogP contribution in [0, 0.1) is 6.92 Å². The molecule has 0 aliphatic heterocycles. The van der Waals surface area contributed by atoms with E-state index in [1.807, 2.05) is 108 Å². The van der Waals surface area contributed by atoms with Crippen LogP contribution >= 0.6 is 27.7 Å². The van der Waals surface area contributed by atoms with Crippen molar-refractivity contribution in [3.8, 4) is 28.5 Å². The van der Waals surface area contributed by atoms with E-state index in [9.17, 15) is 4.79 Å². The predicted molar refractivity (Wildman–Crippen MR) is 153 cm³/mol. The minimum Gasteiger partial charge on any atom is -0.283 e. The number of halogens is 1. The van der Waals surface area contributed by atoms with Crippen molar-refractivity contribution in [2.75, 3.05) is 0 Å². The van der Waals surface area contributed by atoms with E-state index in [0.717, 1.165) is 27.1 Å². The van der Waals surface area contributed by atoms with Crippen LogP contribution in [0.4, 0.5) is 0 Å². The van der Waals surface area contributed by atoms with Crippen molar-refractivity contribution < 1.29 is 0 Å². The Kier molecular flexibility index (Phi) is 6.71. The van der Waals surface area contributed by atoms with Gasteiger partial charge in [-0.25, -0.2) is 4.68 Å². The number of tetrazole rings is 1. The van der Waals surface area contributed by atoms with Gasteiger partial charge in [0.15, 0.2) is 16.8 Å². The number of aromatic nitrogens is 9. The Balaban J connectivity index is 1.48. The molecule has 0 aliphatic rings. The molecule has 39 heavy (non-hydrogen) atoms. The van der Waals surface area contributed by atoms with Gasteiger partial charge < -0.3 is 0 Å². The van der Waals surface area contributed by atoms with Crippen LogP contribution < -0.4 is 5.56 Å². The molecule has 0 bridgehead atoms. The van der Waals surface area contributed by atoms with E-state index in [-0.39, 0.29) is 5.56 Å². The summed E-state index contributed by atoms with van der Waals surface area (Å²) in [5, 5.41) is 21.9. The van der Waals surface area contributed by atoms with Crippen LogP contribution in [0.25, 0.3) is 28.5 Å². The summed E-state index contributed by atoms with van der Waals surface area (Å²) < 4.78 is 7.87. The van der Waals surface area contributed by atoms with Crippen LogP contribution in [0.15, 0.2) is 99.4 Å². The van der Waals surface area contributed by atoms with Crippen molar-refractivity contribution in [2.45, 2.75) is 17.8 Å². The lowest BCUT2D eigenvalue weighted by Crippen LogP contribution is -2.21. The monoisotopic (exact) mass is 599 g/mol. The van der Waals surface area contributed by atoms with Gasteiger partial charge in [0.05, 0.1) is 22.8 Å². The van der Waals surface area contributed by atoms with E-state index >= 15 is 0 Å². The molecule has 0 N–H and O–H groups in total. The van der Waals surface area contributed by atoms with E-state index in [1.165, 1.54) is 11.8 Å². The van der Waals surface area contributed by atoms with Gasteiger partial charge in [-0.1, -0.05) is 82.3 Å². The van der Waals surface area contributed by atoms with Gasteiger partial charge in [-0.15, -0.1) is 15.3 Å². The lowest BCUT2D eigenvalue weighted by atomic mass is 10.2. The normalized spacial score (nSPS) is 11.3. The van der Waals surface area contributed by atoms with E-state index in [4.69, 9.17) is 0 Å². The molecule has 0 saturated carbocycles. The lowest BCUT2D eigenvalue weighted by Gasteiger charge is -2.10. The number of para-hydroxylation sites is 2. The minimum absolute atomic E-state index is 0.176. The van der Waals surface area contributed by atoms with Gasteiger partial charge in [-0.05, 0) is 47.7 Å². The fraction of sp³-hybridized carbons (Fsp3) is 0.111. The largest absolute Gasteiger partial charge is 0.296 e. The maximum absolute atomic E-state index is 14.0. The molecule has 0 aliphatic carbocycles. The molecule has 3 aromatic heterocycles. The zero-order valence-corrected chi connectivity index (χ0v) is 23.4. The molecule has 0 radical (unpaired) electrons. The molecule has 0 amide bonds. The van der Waals surface area contributed by atoms with Gasteiger partial charge in [0, 0.05) is 17.1 Å². The summed E-state index contributed by atoms with van der Waals surface area (Å²) in [6.45, 7) is 1.92. The van der Waals surface area contributed by atoms with Gasteiger partial charge in [0.2, 0.25) is 0 Å². The van der Waals surface area contributed by atoms with Crippen LogP contribution in [0.2, 0.25) is 0 Å². The van der Waals surface area contributed by atoms with Gasteiger partial charge in [0.25, 0.3) is 5.56 Å². The molecule has 3 aromatic carbocycles. The van der Waals surface area contributed by atoms with Crippen molar-refractivity contribution in [3.63, 3.8) is 0 Å². The molecule has 12 heteroatoms. The van der Waals surface area contributed by atoms with Gasteiger partial charge in [0.1, 0.15) is 5.69 Å². The Morgan fingerprint density at radius 3 is 2.23 bits per heavy atom. The number of rotatable bonds is 7. The molecule has 194 valence electrons. The number of hydrogen-bond acceptors (Lipinski definition) is 7. The third kappa shape index (κ3) is 4.51. The quantitative estimate of drug-likeness (QED) is 0.244. The zero-order chi connectivity index (χ0) is 26.9. The predicted octanol–water partition coefficient (Wildman–Crippen LogP) is 4.76. The van der Waals surface area contributed by atoms with Crippen molar-refractivity contribution in [1.29, 1.82) is 0 Å². The van der Waals surface area contributed by atoms with E-state index in [1.54, 1.807) is 9.36 Å². The Morgan fingerprint density at radius 2 is 1.51 bits per heavy atom. The first-order valence-electron chi connectivity index (χ1n) is 12.0. The molecule has 0 saturated heterocycles. The second kappa shape index (κ2) is 10.5. The van der Waals surface area contributed by atoms with Gasteiger partial charge in [-0.3, -0.25) is 14.0 Å². The van der Waals surface area contributed by atoms with E-state index < -0.39 is 0 Å². The van der Waals surface area contributed by atoms with Gasteiger partial charge >= 0.3 is 0 Å². The van der Waals surface area contributed by atoms with Crippen molar-refractivity contribution in [2.24, 2.45) is 7.05 Å². The Bertz CT molecular complexity index is 1820. The summed E-state index contributed by atoms with van der Waals surface area (Å²) in [6, 6.07) is 27.0. The SMILES string of the molecule is Cc1c(-n2c(SCc3nnnn3-c3ccccc3)nnc2-c2ccccc2Br)c(=O)n(-c2ccccc2)n1C. The average molecular weight is 601 g/mol. The van der Waals surface area contributed by atoms with Crippen LogP contribution in [-0.4, -0.2) is 44.3 Å². The zero-order valence-electron chi connectivity index (χ0n) is 21.0. The molecule has 0 unspecified atom stereocenters. The van der Waals surface area contributed by atoms with Crippen LogP contribution in [0.5, 0.6) is 0 Å². The first-order valence-corrected chi connectivity index (χ1v) is 13.8. The minimum atomic E-state index is -0.176. The standard InChI is InChI=1S/C27H22BrN9OS/c1-18-24(26(38)37(34(18)2)20-13-7-4-8-14-20)35-25(21-15-9-10-16-22(21)28)30-31-27(35)39-17-23-29-32-33-36(23)19-11-5-3-6-12-19/h3-16H,17H2,1-2H3. The van der Waals surface area contributed by atoms with Crippen LogP contribution in [-0.2, 0) is 12.8 Å². The molecule has 3 heterocycles. The molecule has 0 spiro atoms. The highest BCUT2D eigenvalue weighted by atomic mass is 79.9. The van der Waals surface area contributed by atoms with E-state index in [0.29, 0.717) is 28.2 Å². The molecule has 6 rings (SSSR count). The van der Waals surface area contributed by atoms with Crippen molar-refractivity contribution in [1.82, 2.24) is 44.3 Å². The summed E-state index contributed by atoms with van der Waals surface area (Å²) >= 11 is 5.05. The molecule has 10 nitrogen and oxygen atoms in total. The highest BCUT2D eigenvalue weighted by Crippen LogP contribution is 2.33. The topological polar surface area (TPSA) is 101 Å². The lowest BCUT2D eigenvalue weighted by molar-refractivity contribution is 0.630. The fourth-order valence-electron chi connectivity index (χ4n) is 4.39. The number of nitrogens with zero attached hydrogens (tertiary/aromatic N) is 9. The summed E-state index contributed by atoms with van der Waals surface area (Å²) in [6.07, 6.45) is 0. The summed E-state index contributed by atoms with van der Waals surface area (Å²) in [5.74, 6) is 1.61. The first-order chi connectivity index (χ1) is 19.0. The van der Waals surface area contributed by atoms with Gasteiger partial charge in [-0.2, -0.15) is 4.68 Å². The highest BCUT2D eigenvalue weighted by Gasteiger charge is 2.26. The first kappa shape index (κ1) is 25.0. The second-order valence-electron chi connectivity index (χ2n) is 8.66. The molecular weight excluding hydrogens is 578 g/mol. The van der Waals surface area contributed by atoms with E-state index in [2.05, 4.69) is 41.7 Å². The second-order valence-corrected chi connectivity index (χ2v) is 10.5. The Morgan fingerprint density at radius 1 is 0.846 bits per heavy atom. The summed E-state index contributed by atoms with van der Waals surface area (Å²) in [4.78, 5) is 14.0. The molecule has 0 atom stereocenters. The third-order valence-electron chi connectivity index (χ3n) is 6.36. The molecular formula is C27H22BrN9OS. The number of hydrogen-bond donors (Lipinski definition) is 0. The number of benzene rings is 3. The van der Waals surface area contributed by atoms with Crippen molar-refractivity contribution in [3.05, 3.63) is 111 Å². The Labute approximate surface area is 236 Å². The smallest absolute Gasteiger partial charge is 0.283 e. The maximum atomic E-state index is 14.0. The van der Waals surface area contributed by atoms with Crippen molar-refractivity contribution >= 4 is 27.7 Å². The third-order valence-corrected chi connectivity index (χ3v) is 7.98. The number of thioether (sulfide) groups is 1. The average Bonchev–Trinajstić information content (AvgIpc) is 3.65. The maximum Gasteiger partial charge on any atom is 0.296 e. The van der Waals surface area contributed by atoms with Crippen LogP contribution in [0.1, 0.15) is 11.5 Å². The highest BCUT2D eigenvalue weighted by molar-refractivity contribution is 9.10. The molecule has 0 fully saturated rings.